The number of hydrogen-bond donors (Lipinski definition) is 2. The van der Waals surface area contributed by atoms with E-state index in [1.807, 2.05) is 51.4 Å². The molecule has 0 saturated heterocycles. The van der Waals surface area contributed by atoms with Gasteiger partial charge < -0.3 is 16.4 Å². The van der Waals surface area contributed by atoms with Crippen LogP contribution in [0.15, 0.2) is 42.5 Å². The van der Waals surface area contributed by atoms with Crippen LogP contribution in [0, 0.1) is 6.92 Å². The summed E-state index contributed by atoms with van der Waals surface area (Å²) in [5, 5.41) is 0.903. The number of aryl methyl sites for hydroxylation is 1. The van der Waals surface area contributed by atoms with E-state index in [-0.39, 0.29) is 6.04 Å². The molecule has 1 atom stereocenters. The van der Waals surface area contributed by atoms with Gasteiger partial charge in [0.25, 0.3) is 0 Å². The third kappa shape index (κ3) is 2.96. The van der Waals surface area contributed by atoms with Crippen molar-refractivity contribution in [3.63, 3.8) is 0 Å². The van der Waals surface area contributed by atoms with E-state index in [1.54, 1.807) is 0 Å². The minimum Gasteiger partial charge on any atom is -0.399 e. The van der Waals surface area contributed by atoms with Crippen molar-refractivity contribution >= 4 is 22.3 Å². The van der Waals surface area contributed by atoms with E-state index in [2.05, 4.69) is 27.0 Å². The fourth-order valence-corrected chi connectivity index (χ4v) is 2.66. The molecule has 4 N–H and O–H groups in total. The molecule has 118 valence electrons. The maximum atomic E-state index is 6.48. The van der Waals surface area contributed by atoms with Gasteiger partial charge in [0.1, 0.15) is 5.82 Å². The average molecular weight is 307 g/mol. The molecule has 5 heteroatoms. The van der Waals surface area contributed by atoms with Gasteiger partial charge in [-0.3, -0.25) is 0 Å². The first-order valence-corrected chi connectivity index (χ1v) is 7.52. The Morgan fingerprint density at radius 2 is 1.70 bits per heavy atom. The summed E-state index contributed by atoms with van der Waals surface area (Å²) in [7, 11) is 4.03. The fourth-order valence-electron chi connectivity index (χ4n) is 2.66. The van der Waals surface area contributed by atoms with E-state index in [1.165, 1.54) is 0 Å². The Balaban J connectivity index is 2.09. The van der Waals surface area contributed by atoms with E-state index in [4.69, 9.17) is 11.5 Å². The minimum absolute atomic E-state index is 0.322. The van der Waals surface area contributed by atoms with Crippen LogP contribution in [0.3, 0.4) is 0 Å². The van der Waals surface area contributed by atoms with Crippen LogP contribution in [0.4, 0.5) is 11.4 Å². The van der Waals surface area contributed by atoms with Gasteiger partial charge in [0.2, 0.25) is 0 Å². The largest absolute Gasteiger partial charge is 0.399 e. The van der Waals surface area contributed by atoms with E-state index in [0.29, 0.717) is 11.5 Å². The molecule has 1 heterocycles. The summed E-state index contributed by atoms with van der Waals surface area (Å²) in [6.45, 7) is 1.88. The number of benzene rings is 2. The van der Waals surface area contributed by atoms with Crippen molar-refractivity contribution in [2.24, 2.45) is 5.73 Å². The van der Waals surface area contributed by atoms with Crippen molar-refractivity contribution in [2.45, 2.75) is 13.0 Å². The van der Waals surface area contributed by atoms with Gasteiger partial charge in [-0.05, 0) is 42.8 Å². The molecular formula is C18H21N5. The van der Waals surface area contributed by atoms with Crippen LogP contribution in [0.25, 0.3) is 10.9 Å². The zero-order chi connectivity index (χ0) is 16.6. The maximum Gasteiger partial charge on any atom is 0.126 e. The van der Waals surface area contributed by atoms with Gasteiger partial charge in [-0.2, -0.15) is 0 Å². The number of aromatic nitrogens is 2. The Kier molecular flexibility index (Phi) is 3.88. The summed E-state index contributed by atoms with van der Waals surface area (Å²) < 4.78 is 0. The number of fused-ring (bicyclic) bond motifs is 1. The molecule has 1 unspecified atom stereocenters. The fraction of sp³-hybridized carbons (Fsp3) is 0.222. The first-order valence-electron chi connectivity index (χ1n) is 7.52. The topological polar surface area (TPSA) is 81.1 Å². The zero-order valence-corrected chi connectivity index (χ0v) is 13.6. The minimum atomic E-state index is -0.322. The number of anilines is 2. The second-order valence-electron chi connectivity index (χ2n) is 5.90. The maximum absolute atomic E-state index is 6.48. The molecule has 0 fully saturated rings. The van der Waals surface area contributed by atoms with E-state index in [9.17, 15) is 0 Å². The van der Waals surface area contributed by atoms with Crippen LogP contribution in [0.2, 0.25) is 0 Å². The van der Waals surface area contributed by atoms with Crippen molar-refractivity contribution in [2.75, 3.05) is 24.7 Å². The van der Waals surface area contributed by atoms with Crippen molar-refractivity contribution in [1.82, 2.24) is 9.97 Å². The first-order chi connectivity index (χ1) is 11.0. The van der Waals surface area contributed by atoms with Gasteiger partial charge in [0.05, 0.1) is 17.3 Å². The second kappa shape index (κ2) is 5.85. The van der Waals surface area contributed by atoms with Crippen LogP contribution < -0.4 is 16.4 Å². The molecule has 23 heavy (non-hydrogen) atoms. The van der Waals surface area contributed by atoms with Gasteiger partial charge in [-0.15, -0.1) is 0 Å². The van der Waals surface area contributed by atoms with Gasteiger partial charge in [-0.25, -0.2) is 9.97 Å². The molecule has 0 bridgehead atoms. The summed E-state index contributed by atoms with van der Waals surface area (Å²) in [5.41, 5.74) is 16.9. The van der Waals surface area contributed by atoms with Crippen LogP contribution in [-0.2, 0) is 0 Å². The molecule has 0 radical (unpaired) electrons. The average Bonchev–Trinajstić information content (AvgIpc) is 2.54. The Labute approximate surface area is 136 Å². The summed E-state index contributed by atoms with van der Waals surface area (Å²) >= 11 is 0. The Morgan fingerprint density at radius 1 is 1.00 bits per heavy atom. The first kappa shape index (κ1) is 15.2. The highest BCUT2D eigenvalue weighted by molar-refractivity contribution is 5.84. The molecular weight excluding hydrogens is 286 g/mol. The lowest BCUT2D eigenvalue weighted by molar-refractivity contribution is 0.823. The lowest BCUT2D eigenvalue weighted by atomic mass is 10.00. The van der Waals surface area contributed by atoms with Crippen LogP contribution >= 0.6 is 0 Å². The predicted octanol–water partition coefficient (Wildman–Crippen LogP) is 2.63. The van der Waals surface area contributed by atoms with Crippen LogP contribution in [-0.4, -0.2) is 24.1 Å². The lowest BCUT2D eigenvalue weighted by Gasteiger charge is -2.17. The molecule has 0 aliphatic carbocycles. The third-order valence-corrected chi connectivity index (χ3v) is 3.92. The van der Waals surface area contributed by atoms with Gasteiger partial charge in [0, 0.05) is 30.9 Å². The highest BCUT2D eigenvalue weighted by atomic mass is 15.1. The summed E-state index contributed by atoms with van der Waals surface area (Å²) in [6.07, 6.45) is 0. The Hall–Kier alpha value is -2.66. The smallest absolute Gasteiger partial charge is 0.126 e. The monoisotopic (exact) mass is 307 g/mol. The molecule has 2 aromatic carbocycles. The number of nitrogens with two attached hydrogens (primary N) is 2. The van der Waals surface area contributed by atoms with Crippen molar-refractivity contribution < 1.29 is 0 Å². The van der Waals surface area contributed by atoms with Gasteiger partial charge in [-0.1, -0.05) is 12.1 Å². The predicted molar refractivity (Wildman–Crippen MR) is 95.5 cm³/mol. The van der Waals surface area contributed by atoms with E-state index in [0.717, 1.165) is 27.8 Å². The van der Waals surface area contributed by atoms with Gasteiger partial charge in [0.15, 0.2) is 0 Å². The standard InChI is InChI=1S/C18H21N5/c1-11-21-16-9-6-13(19)10-15(16)18(22-11)17(20)12-4-7-14(8-5-12)23(2)3/h4-10,17H,19-20H2,1-3H3. The molecule has 0 saturated carbocycles. The summed E-state index contributed by atoms with van der Waals surface area (Å²) in [4.78, 5) is 11.1. The van der Waals surface area contributed by atoms with E-state index < -0.39 is 0 Å². The van der Waals surface area contributed by atoms with Crippen LogP contribution in [0.5, 0.6) is 0 Å². The van der Waals surface area contributed by atoms with Gasteiger partial charge >= 0.3 is 0 Å². The molecule has 0 aliphatic heterocycles. The molecule has 0 aliphatic rings. The SMILES string of the molecule is Cc1nc(C(N)c2ccc(N(C)C)cc2)c2cc(N)ccc2n1. The van der Waals surface area contributed by atoms with Crippen molar-refractivity contribution in [3.8, 4) is 0 Å². The Morgan fingerprint density at radius 3 is 2.35 bits per heavy atom. The molecule has 1 aromatic heterocycles. The zero-order valence-electron chi connectivity index (χ0n) is 13.6. The highest BCUT2D eigenvalue weighted by Crippen LogP contribution is 2.27. The summed E-state index contributed by atoms with van der Waals surface area (Å²) in [6, 6.07) is 13.5. The number of rotatable bonds is 3. The highest BCUT2D eigenvalue weighted by Gasteiger charge is 2.16. The van der Waals surface area contributed by atoms with Crippen LogP contribution in [0.1, 0.15) is 23.1 Å². The quantitative estimate of drug-likeness (QED) is 0.727. The number of nitrogens with zero attached hydrogens (tertiary/aromatic N) is 3. The van der Waals surface area contributed by atoms with Crippen molar-refractivity contribution in [1.29, 1.82) is 0 Å². The Bertz CT molecular complexity index is 840. The lowest BCUT2D eigenvalue weighted by Crippen LogP contribution is -2.16. The summed E-state index contributed by atoms with van der Waals surface area (Å²) in [5.74, 6) is 0.706. The third-order valence-electron chi connectivity index (χ3n) is 3.92. The second-order valence-corrected chi connectivity index (χ2v) is 5.90. The molecule has 3 rings (SSSR count). The molecule has 0 spiro atoms. The normalized spacial score (nSPS) is 12.3. The van der Waals surface area contributed by atoms with Crippen molar-refractivity contribution in [3.05, 3.63) is 59.5 Å². The number of nitrogen functional groups attached to an aromatic ring is 1. The molecule has 3 aromatic rings. The number of hydrogen-bond acceptors (Lipinski definition) is 5. The molecule has 5 nitrogen and oxygen atoms in total. The molecule has 0 amide bonds. The van der Waals surface area contributed by atoms with E-state index >= 15 is 0 Å².